The second kappa shape index (κ2) is 13.7. The predicted molar refractivity (Wildman–Crippen MR) is 138 cm³/mol. The fourth-order valence-electron chi connectivity index (χ4n) is 4.69. The van der Waals surface area contributed by atoms with Gasteiger partial charge in [0.05, 0.1) is 22.6 Å². The fraction of sp³-hybridized carbons (Fsp3) is 0.615. The molecule has 1 aromatic rings. The predicted octanol–water partition coefficient (Wildman–Crippen LogP) is 4.52. The van der Waals surface area contributed by atoms with E-state index in [4.69, 9.17) is 21.1 Å². The van der Waals surface area contributed by atoms with Crippen LogP contribution in [0.5, 0.6) is 0 Å². The summed E-state index contributed by atoms with van der Waals surface area (Å²) in [6.45, 7) is 2.79. The molecule has 1 aliphatic carbocycles. The van der Waals surface area contributed by atoms with Crippen LogP contribution in [0.3, 0.4) is 0 Å². The van der Waals surface area contributed by atoms with Crippen molar-refractivity contribution in [3.05, 3.63) is 41.1 Å². The van der Waals surface area contributed by atoms with Crippen molar-refractivity contribution in [3.63, 3.8) is 0 Å². The summed E-state index contributed by atoms with van der Waals surface area (Å²) in [5.41, 5.74) is 1.49. The molecule has 0 spiro atoms. The van der Waals surface area contributed by atoms with Crippen LogP contribution in [0.25, 0.3) is 5.70 Å². The van der Waals surface area contributed by atoms with Crippen LogP contribution >= 0.6 is 11.6 Å². The summed E-state index contributed by atoms with van der Waals surface area (Å²) in [6.07, 6.45) is 15.1. The number of pyridine rings is 1. The summed E-state index contributed by atoms with van der Waals surface area (Å²) in [6, 6.07) is 4.87. The van der Waals surface area contributed by atoms with Gasteiger partial charge in [0.2, 0.25) is 0 Å². The molecule has 1 aromatic heterocycles. The van der Waals surface area contributed by atoms with Gasteiger partial charge >= 0.3 is 0 Å². The molecular weight excluding hydrogens is 450 g/mol. The lowest BCUT2D eigenvalue weighted by Gasteiger charge is -2.29. The van der Waals surface area contributed by atoms with Gasteiger partial charge in [-0.05, 0) is 57.1 Å². The zero-order valence-electron chi connectivity index (χ0n) is 20.4. The van der Waals surface area contributed by atoms with Crippen molar-refractivity contribution in [2.45, 2.75) is 57.1 Å². The van der Waals surface area contributed by atoms with Gasteiger partial charge in [-0.3, -0.25) is 0 Å². The Morgan fingerprint density at radius 3 is 3.03 bits per heavy atom. The maximum absolute atomic E-state index is 9.67. The SMILES string of the molecule is CN/C(=C\C=C/CNCC1(C#N)CCCOCC1)c1cc(NC2CCC[C@@H](OC)C2)ncc1Cl. The Kier molecular flexibility index (Phi) is 10.7. The van der Waals surface area contributed by atoms with Crippen LogP contribution in [-0.2, 0) is 9.47 Å². The van der Waals surface area contributed by atoms with Gasteiger partial charge in [0.15, 0.2) is 0 Å². The highest BCUT2D eigenvalue weighted by molar-refractivity contribution is 6.32. The Morgan fingerprint density at radius 2 is 2.24 bits per heavy atom. The van der Waals surface area contributed by atoms with Crippen LogP contribution in [0.4, 0.5) is 5.82 Å². The van der Waals surface area contributed by atoms with Crippen LogP contribution < -0.4 is 16.0 Å². The minimum absolute atomic E-state index is 0.309. The number of nitriles is 1. The van der Waals surface area contributed by atoms with E-state index in [1.807, 2.05) is 25.3 Å². The minimum atomic E-state index is -0.327. The first kappa shape index (κ1) is 26.5. The number of anilines is 1. The van der Waals surface area contributed by atoms with Gasteiger partial charge in [-0.25, -0.2) is 4.98 Å². The number of methoxy groups -OCH3 is 1. The molecule has 3 rings (SSSR count). The molecule has 186 valence electrons. The lowest BCUT2D eigenvalue weighted by atomic mass is 9.82. The van der Waals surface area contributed by atoms with Crippen molar-refractivity contribution in [2.75, 3.05) is 45.8 Å². The summed E-state index contributed by atoms with van der Waals surface area (Å²) in [7, 11) is 3.67. The average Bonchev–Trinajstić information content (AvgIpc) is 3.11. The zero-order chi connectivity index (χ0) is 24.2. The van der Waals surface area contributed by atoms with Gasteiger partial charge in [0, 0.05) is 64.0 Å². The third-order valence-electron chi connectivity index (χ3n) is 6.76. The molecule has 1 saturated heterocycles. The minimum Gasteiger partial charge on any atom is -0.388 e. The molecule has 8 heteroatoms. The van der Waals surface area contributed by atoms with Crippen LogP contribution in [0, 0.1) is 16.7 Å². The van der Waals surface area contributed by atoms with E-state index in [0.29, 0.717) is 36.9 Å². The zero-order valence-corrected chi connectivity index (χ0v) is 21.2. The lowest BCUT2D eigenvalue weighted by molar-refractivity contribution is 0.0669. The van der Waals surface area contributed by atoms with Crippen molar-refractivity contribution < 1.29 is 9.47 Å². The first-order valence-electron chi connectivity index (χ1n) is 12.3. The summed E-state index contributed by atoms with van der Waals surface area (Å²) < 4.78 is 11.1. The molecule has 3 atom stereocenters. The number of nitrogens with zero attached hydrogens (tertiary/aromatic N) is 2. The quantitative estimate of drug-likeness (QED) is 0.330. The highest BCUT2D eigenvalue weighted by atomic mass is 35.5. The number of hydrogen-bond donors (Lipinski definition) is 3. The number of halogens is 1. The van der Waals surface area contributed by atoms with E-state index in [-0.39, 0.29) is 5.41 Å². The third kappa shape index (κ3) is 7.71. The summed E-state index contributed by atoms with van der Waals surface area (Å²) in [4.78, 5) is 4.48. The number of rotatable bonds is 10. The van der Waals surface area contributed by atoms with E-state index in [1.165, 1.54) is 0 Å². The maximum Gasteiger partial charge on any atom is 0.126 e. The van der Waals surface area contributed by atoms with Crippen molar-refractivity contribution in [2.24, 2.45) is 5.41 Å². The Hall–Kier alpha value is -2.11. The van der Waals surface area contributed by atoms with Crippen molar-refractivity contribution in [1.29, 1.82) is 5.26 Å². The highest BCUT2D eigenvalue weighted by Gasteiger charge is 2.30. The molecule has 0 amide bonds. The van der Waals surface area contributed by atoms with E-state index in [9.17, 15) is 5.26 Å². The summed E-state index contributed by atoms with van der Waals surface area (Å²) >= 11 is 6.48. The first-order valence-corrected chi connectivity index (χ1v) is 12.7. The molecule has 3 N–H and O–H groups in total. The number of hydrogen-bond acceptors (Lipinski definition) is 7. The Balaban J connectivity index is 1.57. The normalized spacial score (nSPS) is 26.1. The molecule has 1 aliphatic heterocycles. The smallest absolute Gasteiger partial charge is 0.126 e. The number of aromatic nitrogens is 1. The fourth-order valence-corrected chi connectivity index (χ4v) is 4.90. The Morgan fingerprint density at radius 1 is 1.35 bits per heavy atom. The molecular formula is C26H38ClN5O2. The second-order valence-corrected chi connectivity index (χ2v) is 9.57. The third-order valence-corrected chi connectivity index (χ3v) is 7.06. The van der Waals surface area contributed by atoms with Gasteiger partial charge < -0.3 is 25.4 Å². The second-order valence-electron chi connectivity index (χ2n) is 9.16. The Bertz CT molecular complexity index is 874. The van der Waals surface area contributed by atoms with Gasteiger partial charge in [-0.15, -0.1) is 0 Å². The van der Waals surface area contributed by atoms with Crippen molar-refractivity contribution >= 4 is 23.1 Å². The number of nitrogens with one attached hydrogen (secondary N) is 3. The highest BCUT2D eigenvalue weighted by Crippen LogP contribution is 2.29. The summed E-state index contributed by atoms with van der Waals surface area (Å²) in [5, 5.41) is 20.5. The van der Waals surface area contributed by atoms with E-state index in [1.54, 1.807) is 13.3 Å². The molecule has 2 aliphatic rings. The molecule has 2 fully saturated rings. The molecule has 0 radical (unpaired) electrons. The van der Waals surface area contributed by atoms with Gasteiger partial charge in [0.1, 0.15) is 5.82 Å². The molecule has 34 heavy (non-hydrogen) atoms. The van der Waals surface area contributed by atoms with Crippen molar-refractivity contribution in [3.8, 4) is 6.07 Å². The lowest BCUT2D eigenvalue weighted by Crippen LogP contribution is -2.33. The van der Waals surface area contributed by atoms with E-state index < -0.39 is 0 Å². The topological polar surface area (TPSA) is 91.2 Å². The molecule has 0 aromatic carbocycles. The number of allylic oxidation sites excluding steroid dienone is 2. The largest absolute Gasteiger partial charge is 0.388 e. The molecule has 2 unspecified atom stereocenters. The summed E-state index contributed by atoms with van der Waals surface area (Å²) in [5.74, 6) is 0.821. The van der Waals surface area contributed by atoms with E-state index in [2.05, 4.69) is 33.1 Å². The van der Waals surface area contributed by atoms with Crippen LogP contribution in [0.1, 0.15) is 50.5 Å². The van der Waals surface area contributed by atoms with Crippen LogP contribution in [-0.4, -0.2) is 57.6 Å². The molecule has 2 heterocycles. The number of ether oxygens (including phenoxy) is 2. The average molecular weight is 488 g/mol. The first-order chi connectivity index (χ1) is 16.6. The van der Waals surface area contributed by atoms with Gasteiger partial charge in [-0.2, -0.15) is 5.26 Å². The van der Waals surface area contributed by atoms with Gasteiger partial charge in [0.25, 0.3) is 0 Å². The molecule has 0 bridgehead atoms. The molecule has 7 nitrogen and oxygen atoms in total. The van der Waals surface area contributed by atoms with Crippen LogP contribution in [0.2, 0.25) is 5.02 Å². The standard InChI is InChI=1S/C26H38ClN5O2/c1-29-24(9-3-4-12-30-19-26(18-28)10-6-13-34-14-11-26)22-16-25(31-17-23(22)27)32-20-7-5-8-21(15-20)33-2/h3-4,9,16-17,20-21,29-30H,5-8,10-15,19H2,1-2H3,(H,31,32)/b4-3-,24-9-/t20?,21-,26?/m1/s1. The molecule has 1 saturated carbocycles. The maximum atomic E-state index is 9.67. The van der Waals surface area contributed by atoms with Gasteiger partial charge in [-0.1, -0.05) is 23.8 Å². The van der Waals surface area contributed by atoms with Crippen molar-refractivity contribution in [1.82, 2.24) is 15.6 Å². The Labute approximate surface area is 208 Å². The van der Waals surface area contributed by atoms with Crippen LogP contribution in [0.15, 0.2) is 30.5 Å². The van der Waals surface area contributed by atoms with E-state index in [0.717, 1.165) is 68.6 Å². The monoisotopic (exact) mass is 487 g/mol. The van der Waals surface area contributed by atoms with E-state index >= 15 is 0 Å².